The number of Topliss-reactive ketones (excluding diaryl/α,β-unsaturated/α-hetero) is 1. The number of benzene rings is 1. The van der Waals surface area contributed by atoms with Gasteiger partial charge in [-0.1, -0.05) is 12.1 Å². The number of ketones is 1. The molecule has 1 aromatic heterocycles. The first-order valence-electron chi connectivity index (χ1n) is 6.60. The molecule has 0 saturated heterocycles. The molecule has 2 nitrogen and oxygen atoms in total. The van der Waals surface area contributed by atoms with Gasteiger partial charge >= 0.3 is 0 Å². The van der Waals surface area contributed by atoms with Crippen molar-refractivity contribution >= 4 is 21.7 Å². The van der Waals surface area contributed by atoms with E-state index in [0.717, 1.165) is 30.5 Å². The van der Waals surface area contributed by atoms with Crippen molar-refractivity contribution in [3.63, 3.8) is 0 Å². The summed E-state index contributed by atoms with van der Waals surface area (Å²) in [7, 11) is 0. The van der Waals surface area contributed by atoms with Crippen LogP contribution in [0, 0.1) is 5.82 Å². The van der Waals surface area contributed by atoms with Gasteiger partial charge in [0.15, 0.2) is 5.78 Å². The quantitative estimate of drug-likeness (QED) is 0.767. The molecule has 20 heavy (non-hydrogen) atoms. The highest BCUT2D eigenvalue weighted by molar-refractivity contribution is 9.10. The van der Waals surface area contributed by atoms with Gasteiger partial charge in [0.05, 0.1) is 16.1 Å². The lowest BCUT2D eigenvalue weighted by atomic mass is 9.82. The van der Waals surface area contributed by atoms with Gasteiger partial charge in [-0.2, -0.15) is 0 Å². The molecule has 1 aromatic carbocycles. The highest BCUT2D eigenvalue weighted by Crippen LogP contribution is 2.33. The standard InChI is InChI=1S/C16H13BrFNO/c17-13-7-6-11(9-14(13)18)16(20)12-5-1-3-10-4-2-8-19-15(10)12/h2,4,6-9,12H,1,3,5H2. The van der Waals surface area contributed by atoms with E-state index in [9.17, 15) is 9.18 Å². The number of aryl methyl sites for hydroxylation is 1. The van der Waals surface area contributed by atoms with Crippen LogP contribution in [0.15, 0.2) is 41.0 Å². The molecule has 0 aliphatic heterocycles. The van der Waals surface area contributed by atoms with Crippen molar-refractivity contribution < 1.29 is 9.18 Å². The molecule has 0 radical (unpaired) electrons. The van der Waals surface area contributed by atoms with E-state index < -0.39 is 5.82 Å². The zero-order chi connectivity index (χ0) is 14.1. The Labute approximate surface area is 125 Å². The molecule has 0 amide bonds. The van der Waals surface area contributed by atoms with Crippen LogP contribution in [0.5, 0.6) is 0 Å². The average molecular weight is 334 g/mol. The monoisotopic (exact) mass is 333 g/mol. The molecule has 0 saturated carbocycles. The first-order valence-corrected chi connectivity index (χ1v) is 7.39. The van der Waals surface area contributed by atoms with E-state index in [2.05, 4.69) is 20.9 Å². The molecule has 3 rings (SSSR count). The van der Waals surface area contributed by atoms with E-state index in [1.54, 1.807) is 18.3 Å². The molecule has 4 heteroatoms. The SMILES string of the molecule is O=C(c1ccc(Br)c(F)c1)C1CCCc2cccnc21. The summed E-state index contributed by atoms with van der Waals surface area (Å²) in [4.78, 5) is 17.0. The lowest BCUT2D eigenvalue weighted by Crippen LogP contribution is -2.20. The number of carbonyl (C=O) groups excluding carboxylic acids is 1. The van der Waals surface area contributed by atoms with Crippen molar-refractivity contribution in [1.82, 2.24) is 4.98 Å². The van der Waals surface area contributed by atoms with Crippen molar-refractivity contribution in [3.8, 4) is 0 Å². The predicted octanol–water partition coefficient (Wildman–Crippen LogP) is 4.29. The molecular weight excluding hydrogens is 321 g/mol. The van der Waals surface area contributed by atoms with Crippen LogP contribution in [0.4, 0.5) is 4.39 Å². The van der Waals surface area contributed by atoms with Gasteiger partial charge in [0.2, 0.25) is 0 Å². The summed E-state index contributed by atoms with van der Waals surface area (Å²) in [5.74, 6) is -0.704. The maximum absolute atomic E-state index is 13.6. The van der Waals surface area contributed by atoms with Gasteiger partial charge in [-0.15, -0.1) is 0 Å². The van der Waals surface area contributed by atoms with E-state index in [4.69, 9.17) is 0 Å². The largest absolute Gasteiger partial charge is 0.293 e. The van der Waals surface area contributed by atoms with Crippen molar-refractivity contribution in [2.75, 3.05) is 0 Å². The molecule has 1 unspecified atom stereocenters. The summed E-state index contributed by atoms with van der Waals surface area (Å²) < 4.78 is 14.0. The summed E-state index contributed by atoms with van der Waals surface area (Å²) in [6.07, 6.45) is 4.42. The van der Waals surface area contributed by atoms with Crippen LogP contribution < -0.4 is 0 Å². The molecule has 0 fully saturated rings. The molecule has 1 aliphatic rings. The Bertz CT molecular complexity index is 671. The third kappa shape index (κ3) is 2.40. The van der Waals surface area contributed by atoms with Crippen LogP contribution in [0.2, 0.25) is 0 Å². The highest BCUT2D eigenvalue weighted by Gasteiger charge is 2.28. The Kier molecular flexibility index (Phi) is 3.66. The molecule has 1 heterocycles. The number of halogens is 2. The smallest absolute Gasteiger partial charge is 0.172 e. The van der Waals surface area contributed by atoms with E-state index >= 15 is 0 Å². The second kappa shape index (κ2) is 5.44. The highest BCUT2D eigenvalue weighted by atomic mass is 79.9. The minimum absolute atomic E-state index is 0.0453. The van der Waals surface area contributed by atoms with Gasteiger partial charge in [-0.25, -0.2) is 4.39 Å². The second-order valence-corrected chi connectivity index (χ2v) is 5.84. The maximum Gasteiger partial charge on any atom is 0.172 e. The average Bonchev–Trinajstić information content (AvgIpc) is 2.49. The minimum Gasteiger partial charge on any atom is -0.293 e. The Hall–Kier alpha value is -1.55. The van der Waals surface area contributed by atoms with Crippen molar-refractivity contribution in [2.24, 2.45) is 0 Å². The fourth-order valence-corrected chi connectivity index (χ4v) is 2.96. The number of aromatic nitrogens is 1. The zero-order valence-corrected chi connectivity index (χ0v) is 12.4. The summed E-state index contributed by atoms with van der Waals surface area (Å²) in [5, 5.41) is 0. The van der Waals surface area contributed by atoms with Crippen LogP contribution in [0.3, 0.4) is 0 Å². The van der Waals surface area contributed by atoms with Crippen LogP contribution >= 0.6 is 15.9 Å². The normalized spacial score (nSPS) is 17.6. The lowest BCUT2D eigenvalue weighted by Gasteiger charge is -2.23. The number of nitrogens with zero attached hydrogens (tertiary/aromatic N) is 1. The Morgan fingerprint density at radius 2 is 2.20 bits per heavy atom. The second-order valence-electron chi connectivity index (χ2n) is 4.99. The van der Waals surface area contributed by atoms with Gasteiger partial charge in [0.1, 0.15) is 5.82 Å². The number of fused-ring (bicyclic) bond motifs is 1. The van der Waals surface area contributed by atoms with Crippen molar-refractivity contribution in [1.29, 1.82) is 0 Å². The number of pyridine rings is 1. The van der Waals surface area contributed by atoms with E-state index in [1.807, 2.05) is 12.1 Å². The molecule has 102 valence electrons. The van der Waals surface area contributed by atoms with E-state index in [0.29, 0.717) is 10.0 Å². The molecule has 0 spiro atoms. The van der Waals surface area contributed by atoms with Crippen molar-refractivity contribution in [3.05, 3.63) is 63.6 Å². The Morgan fingerprint density at radius 3 is 3.00 bits per heavy atom. The molecular formula is C16H13BrFNO. The van der Waals surface area contributed by atoms with Gasteiger partial charge in [0, 0.05) is 11.8 Å². The van der Waals surface area contributed by atoms with Gasteiger partial charge < -0.3 is 0 Å². The number of carbonyl (C=O) groups is 1. The summed E-state index contributed by atoms with van der Waals surface area (Å²) >= 11 is 3.10. The minimum atomic E-state index is -0.409. The van der Waals surface area contributed by atoms with Gasteiger partial charge in [0.25, 0.3) is 0 Å². The number of hydrogen-bond acceptors (Lipinski definition) is 2. The molecule has 0 N–H and O–H groups in total. The summed E-state index contributed by atoms with van der Waals surface area (Å²) in [5.41, 5.74) is 2.40. The maximum atomic E-state index is 13.6. The Morgan fingerprint density at radius 1 is 1.35 bits per heavy atom. The first-order chi connectivity index (χ1) is 9.66. The first kappa shape index (κ1) is 13.4. The third-order valence-corrected chi connectivity index (χ3v) is 4.36. The van der Waals surface area contributed by atoms with E-state index in [1.165, 1.54) is 6.07 Å². The topological polar surface area (TPSA) is 30.0 Å². The molecule has 1 atom stereocenters. The van der Waals surface area contributed by atoms with Crippen molar-refractivity contribution in [2.45, 2.75) is 25.2 Å². The van der Waals surface area contributed by atoms with Crippen LogP contribution in [-0.2, 0) is 6.42 Å². The predicted molar refractivity (Wildman–Crippen MR) is 78.3 cm³/mol. The fourth-order valence-electron chi connectivity index (χ4n) is 2.72. The summed E-state index contributed by atoms with van der Waals surface area (Å²) in [6.45, 7) is 0. The lowest BCUT2D eigenvalue weighted by molar-refractivity contribution is 0.0948. The van der Waals surface area contributed by atoms with Crippen LogP contribution in [0.1, 0.15) is 40.4 Å². The molecule has 2 aromatic rings. The number of rotatable bonds is 2. The van der Waals surface area contributed by atoms with E-state index in [-0.39, 0.29) is 11.7 Å². The van der Waals surface area contributed by atoms with Crippen LogP contribution in [-0.4, -0.2) is 10.8 Å². The Balaban J connectivity index is 1.97. The van der Waals surface area contributed by atoms with Gasteiger partial charge in [-0.3, -0.25) is 9.78 Å². The fraction of sp³-hybridized carbons (Fsp3) is 0.250. The molecule has 1 aliphatic carbocycles. The van der Waals surface area contributed by atoms with Gasteiger partial charge in [-0.05, 0) is 59.0 Å². The zero-order valence-electron chi connectivity index (χ0n) is 10.8. The third-order valence-electron chi connectivity index (χ3n) is 3.72. The molecule has 0 bridgehead atoms. The van der Waals surface area contributed by atoms with Crippen LogP contribution in [0.25, 0.3) is 0 Å². The summed E-state index contributed by atoms with van der Waals surface area (Å²) in [6, 6.07) is 8.44. The number of hydrogen-bond donors (Lipinski definition) is 0.